The number of H-pyrrole nitrogens is 1. The van der Waals surface area contributed by atoms with Crippen molar-refractivity contribution in [3.63, 3.8) is 0 Å². The number of aromatic hydroxyl groups is 1. The number of rotatable bonds is 2. The summed E-state index contributed by atoms with van der Waals surface area (Å²) in [4.78, 5) is 25.4. The molecular weight excluding hydrogens is 256 g/mol. The van der Waals surface area contributed by atoms with Crippen molar-refractivity contribution in [1.82, 2.24) is 9.55 Å². The number of aromatic amines is 1. The Hall–Kier alpha value is -2.01. The zero-order valence-corrected chi connectivity index (χ0v) is 10.4. The van der Waals surface area contributed by atoms with E-state index < -0.39 is 11.2 Å². The first-order valence-corrected chi connectivity index (χ1v) is 5.75. The second-order valence-electron chi connectivity index (χ2n) is 3.73. The second-order valence-corrected chi connectivity index (χ2v) is 4.16. The fourth-order valence-corrected chi connectivity index (χ4v) is 1.84. The summed E-state index contributed by atoms with van der Waals surface area (Å²) >= 11 is 5.75. The predicted molar refractivity (Wildman–Crippen MR) is 68.7 cm³/mol. The smallest absolute Gasteiger partial charge is 0.335 e. The van der Waals surface area contributed by atoms with Gasteiger partial charge in [-0.05, 0) is 30.7 Å². The third-order valence-electron chi connectivity index (χ3n) is 2.62. The number of halogens is 1. The van der Waals surface area contributed by atoms with Gasteiger partial charge in [0.15, 0.2) is 0 Å². The predicted octanol–water partition coefficient (Wildman–Crippen LogP) is 1.45. The number of benzene rings is 1. The normalized spacial score (nSPS) is 10.6. The maximum atomic E-state index is 11.7. The summed E-state index contributed by atoms with van der Waals surface area (Å²) in [5.41, 5.74) is -0.639. The Balaban J connectivity index is 2.75. The van der Waals surface area contributed by atoms with E-state index in [1.54, 1.807) is 31.2 Å². The summed E-state index contributed by atoms with van der Waals surface area (Å²) in [7, 11) is 0. The fourth-order valence-electron chi connectivity index (χ4n) is 1.71. The zero-order valence-electron chi connectivity index (χ0n) is 9.61. The SMILES string of the molecule is CCc1c(O)n(-c2ccc(Cl)cc2)c(=O)[nH]c1=O. The summed E-state index contributed by atoms with van der Waals surface area (Å²) in [5, 5.41) is 10.5. The third-order valence-corrected chi connectivity index (χ3v) is 2.87. The van der Waals surface area contributed by atoms with Crippen LogP contribution in [0.5, 0.6) is 5.88 Å². The molecule has 0 atom stereocenters. The molecule has 2 rings (SSSR count). The van der Waals surface area contributed by atoms with E-state index in [-0.39, 0.29) is 11.4 Å². The third kappa shape index (κ3) is 2.04. The summed E-state index contributed by atoms with van der Waals surface area (Å²) in [6.07, 6.45) is 0.328. The monoisotopic (exact) mass is 266 g/mol. The van der Waals surface area contributed by atoms with Gasteiger partial charge in [-0.25, -0.2) is 9.36 Å². The van der Waals surface area contributed by atoms with Crippen LogP contribution in [-0.4, -0.2) is 14.7 Å². The number of aromatic nitrogens is 2. The molecule has 0 saturated carbocycles. The first-order valence-electron chi connectivity index (χ1n) is 5.37. The van der Waals surface area contributed by atoms with E-state index in [0.717, 1.165) is 4.57 Å². The Morgan fingerprint density at radius 3 is 2.44 bits per heavy atom. The molecule has 0 fully saturated rings. The van der Waals surface area contributed by atoms with Gasteiger partial charge in [0.1, 0.15) is 0 Å². The van der Waals surface area contributed by atoms with Gasteiger partial charge >= 0.3 is 5.69 Å². The minimum atomic E-state index is -0.683. The molecule has 1 aromatic heterocycles. The van der Waals surface area contributed by atoms with Crippen molar-refractivity contribution in [3.05, 3.63) is 55.7 Å². The number of hydrogen-bond acceptors (Lipinski definition) is 3. The van der Waals surface area contributed by atoms with Crippen LogP contribution in [-0.2, 0) is 6.42 Å². The van der Waals surface area contributed by atoms with Crippen LogP contribution in [0, 0.1) is 0 Å². The first kappa shape index (κ1) is 12.4. The molecule has 0 aliphatic rings. The molecule has 5 nitrogen and oxygen atoms in total. The highest BCUT2D eigenvalue weighted by molar-refractivity contribution is 6.30. The van der Waals surface area contributed by atoms with Crippen LogP contribution >= 0.6 is 11.6 Å². The van der Waals surface area contributed by atoms with Crippen molar-refractivity contribution in [2.45, 2.75) is 13.3 Å². The van der Waals surface area contributed by atoms with Gasteiger partial charge in [0.05, 0.1) is 11.3 Å². The second kappa shape index (κ2) is 4.70. The van der Waals surface area contributed by atoms with E-state index in [2.05, 4.69) is 4.98 Å². The molecule has 0 radical (unpaired) electrons. The summed E-state index contributed by atoms with van der Waals surface area (Å²) in [6.45, 7) is 1.72. The minimum Gasteiger partial charge on any atom is -0.494 e. The highest BCUT2D eigenvalue weighted by Gasteiger charge is 2.13. The van der Waals surface area contributed by atoms with Crippen LogP contribution in [0.2, 0.25) is 5.02 Å². The average Bonchev–Trinajstić information content (AvgIpc) is 2.31. The lowest BCUT2D eigenvalue weighted by Crippen LogP contribution is -2.31. The first-order chi connectivity index (χ1) is 8.54. The topological polar surface area (TPSA) is 75.1 Å². The van der Waals surface area contributed by atoms with Crippen LogP contribution < -0.4 is 11.2 Å². The van der Waals surface area contributed by atoms with Gasteiger partial charge < -0.3 is 5.11 Å². The molecular formula is C12H11ClN2O3. The Labute approximate surface area is 107 Å². The molecule has 18 heavy (non-hydrogen) atoms. The highest BCUT2D eigenvalue weighted by Crippen LogP contribution is 2.18. The molecule has 0 aliphatic carbocycles. The molecule has 0 amide bonds. The maximum Gasteiger partial charge on any atom is 0.335 e. The van der Waals surface area contributed by atoms with E-state index in [1.165, 1.54) is 0 Å². The number of nitrogens with zero attached hydrogens (tertiary/aromatic N) is 1. The van der Waals surface area contributed by atoms with E-state index in [4.69, 9.17) is 11.6 Å². The Kier molecular flexibility index (Phi) is 3.25. The van der Waals surface area contributed by atoms with Gasteiger partial charge in [-0.15, -0.1) is 0 Å². The van der Waals surface area contributed by atoms with Gasteiger partial charge in [0.2, 0.25) is 5.88 Å². The van der Waals surface area contributed by atoms with E-state index in [0.29, 0.717) is 17.1 Å². The van der Waals surface area contributed by atoms with Crippen molar-refractivity contribution < 1.29 is 5.11 Å². The van der Waals surface area contributed by atoms with Crippen molar-refractivity contribution in [3.8, 4) is 11.6 Å². The summed E-state index contributed by atoms with van der Waals surface area (Å²) in [5.74, 6) is -0.339. The van der Waals surface area contributed by atoms with E-state index >= 15 is 0 Å². The quantitative estimate of drug-likeness (QED) is 0.864. The van der Waals surface area contributed by atoms with Crippen LogP contribution in [0.1, 0.15) is 12.5 Å². The Morgan fingerprint density at radius 1 is 1.28 bits per heavy atom. The average molecular weight is 267 g/mol. The molecule has 1 heterocycles. The van der Waals surface area contributed by atoms with Gasteiger partial charge in [0, 0.05) is 5.02 Å². The maximum absolute atomic E-state index is 11.7. The largest absolute Gasteiger partial charge is 0.494 e. The van der Waals surface area contributed by atoms with Crippen molar-refractivity contribution in [1.29, 1.82) is 0 Å². The van der Waals surface area contributed by atoms with Crippen LogP contribution in [0.15, 0.2) is 33.9 Å². The lowest BCUT2D eigenvalue weighted by molar-refractivity contribution is 0.423. The van der Waals surface area contributed by atoms with E-state index in [9.17, 15) is 14.7 Å². The highest BCUT2D eigenvalue weighted by atomic mass is 35.5. The number of hydrogen-bond donors (Lipinski definition) is 2. The minimum absolute atomic E-state index is 0.171. The molecule has 0 unspecified atom stereocenters. The molecule has 0 saturated heterocycles. The van der Waals surface area contributed by atoms with E-state index in [1.807, 2.05) is 0 Å². The molecule has 1 aromatic carbocycles. The number of nitrogens with one attached hydrogen (secondary N) is 1. The summed E-state index contributed by atoms with van der Waals surface area (Å²) < 4.78 is 1.04. The molecule has 2 N–H and O–H groups in total. The molecule has 94 valence electrons. The fraction of sp³-hybridized carbons (Fsp3) is 0.167. The van der Waals surface area contributed by atoms with Gasteiger partial charge in [-0.2, -0.15) is 0 Å². The van der Waals surface area contributed by atoms with Crippen LogP contribution in [0.25, 0.3) is 5.69 Å². The van der Waals surface area contributed by atoms with Crippen molar-refractivity contribution in [2.75, 3.05) is 0 Å². The lowest BCUT2D eigenvalue weighted by Gasteiger charge is -2.10. The molecule has 0 aliphatic heterocycles. The zero-order chi connectivity index (χ0) is 13.3. The van der Waals surface area contributed by atoms with Gasteiger partial charge in [-0.3, -0.25) is 9.78 Å². The lowest BCUT2D eigenvalue weighted by atomic mass is 10.2. The van der Waals surface area contributed by atoms with Crippen molar-refractivity contribution >= 4 is 11.6 Å². The molecule has 2 aromatic rings. The molecule has 6 heteroatoms. The summed E-state index contributed by atoms with van der Waals surface area (Å²) in [6, 6.07) is 6.36. The Morgan fingerprint density at radius 2 is 1.89 bits per heavy atom. The van der Waals surface area contributed by atoms with Crippen LogP contribution in [0.3, 0.4) is 0 Å². The van der Waals surface area contributed by atoms with Gasteiger partial charge in [-0.1, -0.05) is 18.5 Å². The van der Waals surface area contributed by atoms with Crippen molar-refractivity contribution in [2.24, 2.45) is 0 Å². The van der Waals surface area contributed by atoms with Crippen LogP contribution in [0.4, 0.5) is 0 Å². The molecule has 0 spiro atoms. The Bertz CT molecular complexity index is 686. The van der Waals surface area contributed by atoms with Gasteiger partial charge in [0.25, 0.3) is 5.56 Å². The standard InChI is InChI=1S/C12H11ClN2O3/c1-2-9-10(16)14-12(18)15(11(9)17)8-5-3-7(13)4-6-8/h3-6,17H,2H2,1H3,(H,14,16,18). The molecule has 0 bridgehead atoms.